The van der Waals surface area contributed by atoms with Crippen LogP contribution in [0.5, 0.6) is 5.75 Å². The Morgan fingerprint density at radius 1 is 1.39 bits per heavy atom. The Balaban J connectivity index is 2.19. The van der Waals surface area contributed by atoms with E-state index in [0.29, 0.717) is 34.7 Å². The van der Waals surface area contributed by atoms with E-state index < -0.39 is 0 Å². The van der Waals surface area contributed by atoms with Crippen molar-refractivity contribution in [1.29, 1.82) is 5.26 Å². The second-order valence-corrected chi connectivity index (χ2v) is 4.97. The predicted molar refractivity (Wildman–Crippen MR) is 85.2 cm³/mol. The van der Waals surface area contributed by atoms with Crippen molar-refractivity contribution in [1.82, 2.24) is 20.6 Å². The van der Waals surface area contributed by atoms with Gasteiger partial charge in [0.1, 0.15) is 24.0 Å². The topological polar surface area (TPSA) is 109 Å². The molecule has 0 amide bonds. The summed E-state index contributed by atoms with van der Waals surface area (Å²) in [6.45, 7) is 0.775. The van der Waals surface area contributed by atoms with Gasteiger partial charge in [-0.05, 0) is 11.3 Å². The smallest absolute Gasteiger partial charge is 0.216 e. The van der Waals surface area contributed by atoms with Crippen molar-refractivity contribution in [2.24, 2.45) is 0 Å². The maximum Gasteiger partial charge on any atom is 0.216 e. The number of methoxy groups -OCH3 is 1. The number of hydrogen-bond acceptors (Lipinski definition) is 7. The van der Waals surface area contributed by atoms with E-state index in [2.05, 4.69) is 25.9 Å². The molecule has 8 nitrogen and oxygen atoms in total. The van der Waals surface area contributed by atoms with Crippen LogP contribution in [0.2, 0.25) is 10.0 Å². The fourth-order valence-electron chi connectivity index (χ4n) is 1.56. The molecular formula is C13H12Cl2N6O2. The predicted octanol–water partition coefficient (Wildman–Crippen LogP) is 2.51. The number of hydrogen-bond donors (Lipinski definition) is 2. The third-order valence-electron chi connectivity index (χ3n) is 2.65. The number of nitrogens with one attached hydrogen (secondary N) is 2. The summed E-state index contributed by atoms with van der Waals surface area (Å²) in [5, 5.41) is 25.9. The Morgan fingerprint density at radius 2 is 2.22 bits per heavy atom. The van der Waals surface area contributed by atoms with Gasteiger partial charge < -0.3 is 14.8 Å². The fourth-order valence-corrected chi connectivity index (χ4v) is 2.05. The highest BCUT2D eigenvalue weighted by atomic mass is 35.5. The first-order chi connectivity index (χ1) is 11.2. The molecule has 2 rings (SSSR count). The van der Waals surface area contributed by atoms with Gasteiger partial charge in [-0.2, -0.15) is 10.5 Å². The molecule has 23 heavy (non-hydrogen) atoms. The number of allylic oxidation sites excluding steroid dienone is 1. The van der Waals surface area contributed by atoms with Gasteiger partial charge in [-0.3, -0.25) is 0 Å². The van der Waals surface area contributed by atoms with Gasteiger partial charge in [-0.25, -0.2) is 0 Å². The first kappa shape index (κ1) is 17.0. The number of nitriles is 1. The molecule has 0 bridgehead atoms. The standard InChI is InChI=1S/C13H12Cl2N6O2/c1-22-2-3-23-12-5-11(9(14)4-10(12)15)17-7-8(6-16)13-18-20-21-19-13/h4-5,7,17H,2-3H2,1H3,(H,18,19,20,21). The molecule has 0 spiro atoms. The maximum atomic E-state index is 9.11. The van der Waals surface area contributed by atoms with Crippen molar-refractivity contribution < 1.29 is 9.47 Å². The number of anilines is 1. The SMILES string of the molecule is COCCOc1cc(NC=C(C#N)c2nn[nH]n2)c(Cl)cc1Cl. The van der Waals surface area contributed by atoms with E-state index in [0.717, 1.165) is 0 Å². The van der Waals surface area contributed by atoms with Crippen molar-refractivity contribution in [3.8, 4) is 11.8 Å². The first-order valence-corrected chi connectivity index (χ1v) is 7.12. The summed E-state index contributed by atoms with van der Waals surface area (Å²) in [7, 11) is 1.58. The highest BCUT2D eigenvalue weighted by Gasteiger charge is 2.10. The molecule has 0 radical (unpaired) electrons. The van der Waals surface area contributed by atoms with E-state index in [1.807, 2.05) is 6.07 Å². The van der Waals surface area contributed by atoms with Crippen LogP contribution in [0.4, 0.5) is 5.69 Å². The van der Waals surface area contributed by atoms with Crippen LogP contribution in [0, 0.1) is 11.3 Å². The molecule has 0 unspecified atom stereocenters. The molecule has 0 saturated carbocycles. The summed E-state index contributed by atoms with van der Waals surface area (Å²) in [5.74, 6) is 0.615. The molecule has 2 aromatic rings. The van der Waals surface area contributed by atoms with Crippen LogP contribution in [0.15, 0.2) is 18.3 Å². The van der Waals surface area contributed by atoms with Gasteiger partial charge in [-0.15, -0.1) is 10.2 Å². The van der Waals surface area contributed by atoms with Crippen molar-refractivity contribution >= 4 is 34.5 Å². The summed E-state index contributed by atoms with van der Waals surface area (Å²) >= 11 is 12.2. The molecule has 0 aliphatic rings. The van der Waals surface area contributed by atoms with Crippen LogP contribution in [0.1, 0.15) is 5.82 Å². The molecule has 0 saturated heterocycles. The molecule has 1 aromatic heterocycles. The zero-order valence-corrected chi connectivity index (χ0v) is 13.5. The molecule has 120 valence electrons. The minimum atomic E-state index is 0.168. The van der Waals surface area contributed by atoms with Crippen molar-refractivity contribution in [2.75, 3.05) is 25.6 Å². The van der Waals surface area contributed by atoms with E-state index in [-0.39, 0.29) is 11.4 Å². The van der Waals surface area contributed by atoms with Crippen LogP contribution in [-0.4, -0.2) is 40.9 Å². The number of aromatic amines is 1. The van der Waals surface area contributed by atoms with Gasteiger partial charge in [-0.1, -0.05) is 23.2 Å². The van der Waals surface area contributed by atoms with Gasteiger partial charge in [0.05, 0.1) is 22.3 Å². The van der Waals surface area contributed by atoms with E-state index in [4.69, 9.17) is 37.9 Å². The number of nitrogens with zero attached hydrogens (tertiary/aromatic N) is 4. The van der Waals surface area contributed by atoms with Crippen LogP contribution in [0.25, 0.3) is 5.57 Å². The lowest BCUT2D eigenvalue weighted by Crippen LogP contribution is -2.05. The van der Waals surface area contributed by atoms with Crippen LogP contribution < -0.4 is 10.1 Å². The van der Waals surface area contributed by atoms with Crippen molar-refractivity contribution in [2.45, 2.75) is 0 Å². The fraction of sp³-hybridized carbons (Fsp3) is 0.231. The molecule has 1 heterocycles. The molecule has 0 atom stereocenters. The van der Waals surface area contributed by atoms with Gasteiger partial charge in [0.2, 0.25) is 5.82 Å². The van der Waals surface area contributed by atoms with Gasteiger partial charge in [0.25, 0.3) is 0 Å². The molecule has 0 fully saturated rings. The molecule has 0 aliphatic heterocycles. The molecule has 2 N–H and O–H groups in total. The highest BCUT2D eigenvalue weighted by molar-refractivity contribution is 6.37. The average Bonchev–Trinajstić information content (AvgIpc) is 3.06. The Kier molecular flexibility index (Phi) is 6.17. The monoisotopic (exact) mass is 354 g/mol. The lowest BCUT2D eigenvalue weighted by atomic mass is 10.2. The van der Waals surface area contributed by atoms with Crippen molar-refractivity contribution in [3.05, 3.63) is 34.2 Å². The quantitative estimate of drug-likeness (QED) is 0.580. The van der Waals surface area contributed by atoms with Crippen LogP contribution in [0.3, 0.4) is 0 Å². The third kappa shape index (κ3) is 4.56. The Labute approximate surface area is 142 Å². The largest absolute Gasteiger partial charge is 0.490 e. The molecule has 1 aromatic carbocycles. The third-order valence-corrected chi connectivity index (χ3v) is 3.25. The number of ether oxygens (including phenoxy) is 2. The highest BCUT2D eigenvalue weighted by Crippen LogP contribution is 2.34. The Morgan fingerprint density at radius 3 is 2.87 bits per heavy atom. The lowest BCUT2D eigenvalue weighted by molar-refractivity contribution is 0.146. The summed E-state index contributed by atoms with van der Waals surface area (Å²) in [6, 6.07) is 5.13. The molecule has 10 heteroatoms. The Bertz CT molecular complexity index is 727. The normalized spacial score (nSPS) is 11.1. The summed E-state index contributed by atoms with van der Waals surface area (Å²) < 4.78 is 10.4. The summed E-state index contributed by atoms with van der Waals surface area (Å²) in [4.78, 5) is 0. The number of aromatic nitrogens is 4. The van der Waals surface area contributed by atoms with E-state index in [1.54, 1.807) is 19.2 Å². The van der Waals surface area contributed by atoms with Gasteiger partial charge in [0, 0.05) is 19.4 Å². The Hall–Kier alpha value is -2.34. The minimum Gasteiger partial charge on any atom is -0.490 e. The van der Waals surface area contributed by atoms with Crippen LogP contribution in [-0.2, 0) is 4.74 Å². The minimum absolute atomic E-state index is 0.168. The lowest BCUT2D eigenvalue weighted by Gasteiger charge is -2.11. The first-order valence-electron chi connectivity index (χ1n) is 6.37. The van der Waals surface area contributed by atoms with Gasteiger partial charge >= 0.3 is 0 Å². The average molecular weight is 355 g/mol. The summed E-state index contributed by atoms with van der Waals surface area (Å²) in [6.07, 6.45) is 1.42. The van der Waals surface area contributed by atoms with E-state index in [1.165, 1.54) is 6.20 Å². The number of benzene rings is 1. The number of H-pyrrole nitrogens is 1. The van der Waals surface area contributed by atoms with Crippen molar-refractivity contribution in [3.63, 3.8) is 0 Å². The van der Waals surface area contributed by atoms with E-state index in [9.17, 15) is 0 Å². The maximum absolute atomic E-state index is 9.11. The second-order valence-electron chi connectivity index (χ2n) is 4.15. The zero-order chi connectivity index (χ0) is 16.7. The number of halogens is 2. The number of rotatable bonds is 7. The zero-order valence-electron chi connectivity index (χ0n) is 12.0. The molecular weight excluding hydrogens is 343 g/mol. The number of tetrazole rings is 1. The molecule has 0 aliphatic carbocycles. The van der Waals surface area contributed by atoms with Gasteiger partial charge in [0.15, 0.2) is 0 Å². The van der Waals surface area contributed by atoms with E-state index >= 15 is 0 Å². The second kappa shape index (κ2) is 8.33. The van der Waals surface area contributed by atoms with Crippen LogP contribution >= 0.6 is 23.2 Å². The summed E-state index contributed by atoms with van der Waals surface area (Å²) in [5.41, 5.74) is 0.700.